The SMILES string of the molecule is CCCCCCCCOc1ccc(OC(=O)c2ccc(OC(=O)c3ccc(C#N)cc3)cc2O)cc1. The van der Waals surface area contributed by atoms with Crippen LogP contribution in [0.2, 0.25) is 0 Å². The van der Waals surface area contributed by atoms with Crippen LogP contribution in [0.5, 0.6) is 23.0 Å². The molecule has 0 amide bonds. The smallest absolute Gasteiger partial charge is 0.347 e. The molecule has 7 nitrogen and oxygen atoms in total. The molecule has 0 unspecified atom stereocenters. The molecule has 0 aliphatic heterocycles. The van der Waals surface area contributed by atoms with Crippen molar-refractivity contribution in [2.75, 3.05) is 6.61 Å². The second-order valence-corrected chi connectivity index (χ2v) is 8.23. The lowest BCUT2D eigenvalue weighted by Crippen LogP contribution is -2.10. The first kappa shape index (κ1) is 26.3. The number of phenolic OH excluding ortho intramolecular Hbond substituents is 1. The molecular weight excluding hydrogens is 458 g/mol. The van der Waals surface area contributed by atoms with Crippen LogP contribution in [0.15, 0.2) is 66.7 Å². The topological polar surface area (TPSA) is 106 Å². The van der Waals surface area contributed by atoms with Crippen LogP contribution >= 0.6 is 0 Å². The van der Waals surface area contributed by atoms with Gasteiger partial charge in [0.25, 0.3) is 0 Å². The molecule has 3 aromatic carbocycles. The maximum Gasteiger partial charge on any atom is 0.347 e. The lowest BCUT2D eigenvalue weighted by atomic mass is 10.1. The van der Waals surface area contributed by atoms with Gasteiger partial charge in [-0.2, -0.15) is 5.26 Å². The summed E-state index contributed by atoms with van der Waals surface area (Å²) in [4.78, 5) is 24.8. The van der Waals surface area contributed by atoms with Gasteiger partial charge in [-0.05, 0) is 67.1 Å². The van der Waals surface area contributed by atoms with Crippen molar-refractivity contribution in [1.29, 1.82) is 5.26 Å². The molecule has 0 saturated heterocycles. The Morgan fingerprint density at radius 1 is 0.778 bits per heavy atom. The van der Waals surface area contributed by atoms with Crippen LogP contribution in [-0.4, -0.2) is 23.7 Å². The number of hydrogen-bond acceptors (Lipinski definition) is 7. The van der Waals surface area contributed by atoms with Gasteiger partial charge >= 0.3 is 11.9 Å². The summed E-state index contributed by atoms with van der Waals surface area (Å²) in [6, 6.07) is 18.5. The van der Waals surface area contributed by atoms with Gasteiger partial charge in [0.2, 0.25) is 0 Å². The minimum Gasteiger partial charge on any atom is -0.507 e. The number of hydrogen-bond donors (Lipinski definition) is 1. The summed E-state index contributed by atoms with van der Waals surface area (Å²) in [6.07, 6.45) is 7.13. The molecule has 186 valence electrons. The van der Waals surface area contributed by atoms with Crippen molar-refractivity contribution >= 4 is 11.9 Å². The van der Waals surface area contributed by atoms with Crippen molar-refractivity contribution in [1.82, 2.24) is 0 Å². The second kappa shape index (κ2) is 13.5. The Hall–Kier alpha value is -4.31. The Morgan fingerprint density at radius 3 is 2.06 bits per heavy atom. The summed E-state index contributed by atoms with van der Waals surface area (Å²) >= 11 is 0. The molecule has 7 heteroatoms. The van der Waals surface area contributed by atoms with Crippen LogP contribution in [0.25, 0.3) is 0 Å². The molecule has 0 spiro atoms. The van der Waals surface area contributed by atoms with E-state index >= 15 is 0 Å². The average molecular weight is 488 g/mol. The van der Waals surface area contributed by atoms with Gasteiger partial charge in [-0.25, -0.2) is 9.59 Å². The fraction of sp³-hybridized carbons (Fsp3) is 0.276. The highest BCUT2D eigenvalue weighted by atomic mass is 16.5. The minimum absolute atomic E-state index is 0.0604. The standard InChI is InChI=1S/C29H29NO6/c1-2-3-4-5-6-7-18-34-23-12-14-24(15-13-23)35-29(33)26-17-16-25(19-27(26)31)36-28(32)22-10-8-21(20-30)9-11-22/h8-17,19,31H,2-7,18H2,1H3. The molecule has 3 rings (SSSR count). The molecule has 0 atom stereocenters. The molecule has 0 aliphatic rings. The number of ether oxygens (including phenoxy) is 3. The first-order valence-corrected chi connectivity index (χ1v) is 12.0. The van der Waals surface area contributed by atoms with Crippen molar-refractivity contribution in [2.24, 2.45) is 0 Å². The molecule has 36 heavy (non-hydrogen) atoms. The minimum atomic E-state index is -0.752. The lowest BCUT2D eigenvalue weighted by molar-refractivity contribution is 0.0729. The van der Waals surface area contributed by atoms with Crippen molar-refractivity contribution in [3.8, 4) is 29.1 Å². The Kier molecular flexibility index (Phi) is 9.89. The highest BCUT2D eigenvalue weighted by Crippen LogP contribution is 2.26. The van der Waals surface area contributed by atoms with E-state index in [1.165, 1.54) is 62.1 Å². The van der Waals surface area contributed by atoms with E-state index in [4.69, 9.17) is 19.5 Å². The summed E-state index contributed by atoms with van der Waals surface area (Å²) in [7, 11) is 0. The highest BCUT2D eigenvalue weighted by molar-refractivity contribution is 5.95. The Labute approximate surface area is 210 Å². The lowest BCUT2D eigenvalue weighted by Gasteiger charge is -2.10. The number of carbonyl (C=O) groups is 2. The van der Waals surface area contributed by atoms with Crippen molar-refractivity contribution in [3.63, 3.8) is 0 Å². The summed E-state index contributed by atoms with van der Waals surface area (Å²) in [6.45, 7) is 2.84. The average Bonchev–Trinajstić information content (AvgIpc) is 2.89. The molecule has 0 heterocycles. The number of unbranched alkanes of at least 4 members (excludes halogenated alkanes) is 5. The Balaban J connectivity index is 1.50. The molecule has 0 saturated carbocycles. The summed E-state index contributed by atoms with van der Waals surface area (Å²) in [5.74, 6) is -0.734. The zero-order valence-corrected chi connectivity index (χ0v) is 20.2. The first-order valence-electron chi connectivity index (χ1n) is 12.0. The van der Waals surface area contributed by atoms with Crippen LogP contribution in [0.1, 0.15) is 71.7 Å². The maximum absolute atomic E-state index is 12.5. The van der Waals surface area contributed by atoms with Gasteiger partial charge in [0.15, 0.2) is 0 Å². The molecule has 0 radical (unpaired) electrons. The molecule has 0 aliphatic carbocycles. The molecular formula is C29H29NO6. The van der Waals surface area contributed by atoms with Crippen LogP contribution in [0, 0.1) is 11.3 Å². The normalized spacial score (nSPS) is 10.3. The van der Waals surface area contributed by atoms with Crippen molar-refractivity contribution in [3.05, 3.63) is 83.4 Å². The summed E-state index contributed by atoms with van der Waals surface area (Å²) in [5.41, 5.74) is 0.593. The largest absolute Gasteiger partial charge is 0.507 e. The van der Waals surface area contributed by atoms with E-state index in [2.05, 4.69) is 6.92 Å². The fourth-order valence-corrected chi connectivity index (χ4v) is 3.43. The fourth-order valence-electron chi connectivity index (χ4n) is 3.43. The van der Waals surface area contributed by atoms with Gasteiger partial charge in [-0.15, -0.1) is 0 Å². The van der Waals surface area contributed by atoms with E-state index in [-0.39, 0.29) is 22.6 Å². The summed E-state index contributed by atoms with van der Waals surface area (Å²) in [5, 5.41) is 19.1. The number of nitriles is 1. The third kappa shape index (κ3) is 7.88. The number of aromatic hydroxyl groups is 1. The monoisotopic (exact) mass is 487 g/mol. The number of phenols is 1. The number of benzene rings is 3. The first-order chi connectivity index (χ1) is 17.5. The van der Waals surface area contributed by atoms with Crippen molar-refractivity contribution in [2.45, 2.75) is 45.4 Å². The third-order valence-electron chi connectivity index (χ3n) is 5.45. The molecule has 0 fully saturated rings. The van der Waals surface area contributed by atoms with E-state index < -0.39 is 11.9 Å². The van der Waals surface area contributed by atoms with Crippen molar-refractivity contribution < 1.29 is 28.9 Å². The number of carbonyl (C=O) groups excluding carboxylic acids is 2. The maximum atomic E-state index is 12.5. The molecule has 0 aromatic heterocycles. The van der Waals surface area contributed by atoms with Crippen LogP contribution in [0.4, 0.5) is 0 Å². The van der Waals surface area contributed by atoms with Gasteiger partial charge in [-0.3, -0.25) is 0 Å². The van der Waals surface area contributed by atoms with E-state index in [0.717, 1.165) is 18.9 Å². The van der Waals surface area contributed by atoms with Gasteiger partial charge in [-0.1, -0.05) is 39.0 Å². The van der Waals surface area contributed by atoms with Gasteiger partial charge in [0.1, 0.15) is 28.6 Å². The van der Waals surface area contributed by atoms with E-state index in [1.54, 1.807) is 24.3 Å². The predicted molar refractivity (Wildman–Crippen MR) is 134 cm³/mol. The van der Waals surface area contributed by atoms with E-state index in [1.807, 2.05) is 6.07 Å². The summed E-state index contributed by atoms with van der Waals surface area (Å²) < 4.78 is 16.3. The number of esters is 2. The zero-order chi connectivity index (χ0) is 25.8. The zero-order valence-electron chi connectivity index (χ0n) is 20.2. The second-order valence-electron chi connectivity index (χ2n) is 8.23. The third-order valence-corrected chi connectivity index (χ3v) is 5.45. The van der Waals surface area contributed by atoms with Crippen LogP contribution < -0.4 is 14.2 Å². The quantitative estimate of drug-likeness (QED) is 0.178. The van der Waals surface area contributed by atoms with Gasteiger partial charge in [0, 0.05) is 6.07 Å². The molecule has 3 aromatic rings. The number of rotatable bonds is 12. The van der Waals surface area contributed by atoms with Crippen LogP contribution in [0.3, 0.4) is 0 Å². The van der Waals surface area contributed by atoms with E-state index in [0.29, 0.717) is 23.7 Å². The predicted octanol–water partition coefficient (Wildman–Crippen LogP) is 6.44. The molecule has 0 bridgehead atoms. The molecule has 1 N–H and O–H groups in total. The Morgan fingerprint density at radius 2 is 1.39 bits per heavy atom. The Bertz CT molecular complexity index is 1200. The van der Waals surface area contributed by atoms with Gasteiger partial charge < -0.3 is 19.3 Å². The van der Waals surface area contributed by atoms with Gasteiger partial charge in [0.05, 0.1) is 23.8 Å². The highest BCUT2D eigenvalue weighted by Gasteiger charge is 2.16. The van der Waals surface area contributed by atoms with E-state index in [9.17, 15) is 14.7 Å². The van der Waals surface area contributed by atoms with Crippen LogP contribution in [-0.2, 0) is 0 Å². The number of nitrogens with zero attached hydrogens (tertiary/aromatic N) is 1.